The lowest BCUT2D eigenvalue weighted by molar-refractivity contribution is 0.265. The molecule has 1 N–H and O–H groups in total. The number of aliphatic hydroxyl groups is 1. The number of aryl methyl sites for hydroxylation is 1. The summed E-state index contributed by atoms with van der Waals surface area (Å²) in [5, 5.41) is 9.34. The molecule has 2 rings (SSSR count). The van der Waals surface area contributed by atoms with Gasteiger partial charge in [-0.1, -0.05) is 13.0 Å². The molecule has 1 aromatic carbocycles. The summed E-state index contributed by atoms with van der Waals surface area (Å²) in [5.41, 5.74) is 3.66. The minimum Gasteiger partial charge on any atom is -0.493 e. The van der Waals surface area contributed by atoms with Gasteiger partial charge in [0, 0.05) is 12.5 Å². The molecule has 1 aliphatic rings. The SMILES string of the molecule is COc1cc2c(cc1OC)C(C(C)CO)=CCC2. The number of aliphatic hydroxyl groups excluding tert-OH is 1. The van der Waals surface area contributed by atoms with Crippen molar-refractivity contribution in [1.29, 1.82) is 0 Å². The van der Waals surface area contributed by atoms with Crippen LogP contribution in [0.2, 0.25) is 0 Å². The minimum atomic E-state index is 0.155. The molecule has 1 aromatic rings. The highest BCUT2D eigenvalue weighted by atomic mass is 16.5. The lowest BCUT2D eigenvalue weighted by atomic mass is 9.84. The number of allylic oxidation sites excluding steroid dienone is 1. The second kappa shape index (κ2) is 5.44. The van der Waals surface area contributed by atoms with Gasteiger partial charge in [-0.05, 0) is 41.7 Å². The van der Waals surface area contributed by atoms with Crippen molar-refractivity contribution < 1.29 is 14.6 Å². The van der Waals surface area contributed by atoms with Gasteiger partial charge < -0.3 is 14.6 Å². The normalized spacial score (nSPS) is 15.7. The van der Waals surface area contributed by atoms with E-state index in [2.05, 4.69) is 6.08 Å². The third kappa shape index (κ3) is 2.23. The Labute approximate surface area is 108 Å². The fourth-order valence-electron chi connectivity index (χ4n) is 2.45. The van der Waals surface area contributed by atoms with Gasteiger partial charge in [0.1, 0.15) is 0 Å². The largest absolute Gasteiger partial charge is 0.493 e. The molecule has 98 valence electrons. The smallest absolute Gasteiger partial charge is 0.161 e. The Morgan fingerprint density at radius 1 is 1.22 bits per heavy atom. The number of methoxy groups -OCH3 is 2. The fourth-order valence-corrected chi connectivity index (χ4v) is 2.45. The van der Waals surface area contributed by atoms with Crippen LogP contribution in [-0.2, 0) is 6.42 Å². The van der Waals surface area contributed by atoms with Gasteiger partial charge in [0.2, 0.25) is 0 Å². The molecule has 0 saturated carbocycles. The molecule has 0 heterocycles. The van der Waals surface area contributed by atoms with Crippen LogP contribution in [0.3, 0.4) is 0 Å². The van der Waals surface area contributed by atoms with Crippen molar-refractivity contribution in [2.75, 3.05) is 20.8 Å². The molecular formula is C15H20O3. The molecular weight excluding hydrogens is 228 g/mol. The predicted molar refractivity (Wildman–Crippen MR) is 72.1 cm³/mol. The lowest BCUT2D eigenvalue weighted by Crippen LogP contribution is -2.10. The third-order valence-corrected chi connectivity index (χ3v) is 3.50. The molecule has 1 aliphatic carbocycles. The predicted octanol–water partition coefficient (Wildman–Crippen LogP) is 2.66. The number of fused-ring (bicyclic) bond motifs is 1. The van der Waals surface area contributed by atoms with E-state index in [1.165, 1.54) is 16.7 Å². The van der Waals surface area contributed by atoms with Crippen molar-refractivity contribution >= 4 is 5.57 Å². The standard InChI is InChI=1S/C15H20O3/c1-10(9-16)12-6-4-5-11-7-14(17-2)15(18-3)8-13(11)12/h6-8,10,16H,4-5,9H2,1-3H3. The zero-order chi connectivity index (χ0) is 13.1. The lowest BCUT2D eigenvalue weighted by Gasteiger charge is -2.23. The topological polar surface area (TPSA) is 38.7 Å². The molecule has 0 bridgehead atoms. The van der Waals surface area contributed by atoms with Crippen LogP contribution in [0.5, 0.6) is 11.5 Å². The Kier molecular flexibility index (Phi) is 3.92. The maximum atomic E-state index is 9.34. The van der Waals surface area contributed by atoms with Crippen LogP contribution < -0.4 is 9.47 Å². The first kappa shape index (κ1) is 13.0. The Morgan fingerprint density at radius 2 is 1.89 bits per heavy atom. The van der Waals surface area contributed by atoms with E-state index in [1.807, 2.05) is 19.1 Å². The van der Waals surface area contributed by atoms with Crippen LogP contribution in [-0.4, -0.2) is 25.9 Å². The van der Waals surface area contributed by atoms with E-state index in [0.717, 1.165) is 24.3 Å². The molecule has 0 spiro atoms. The van der Waals surface area contributed by atoms with Crippen molar-refractivity contribution in [1.82, 2.24) is 0 Å². The van der Waals surface area contributed by atoms with E-state index in [-0.39, 0.29) is 12.5 Å². The Morgan fingerprint density at radius 3 is 2.50 bits per heavy atom. The zero-order valence-electron chi connectivity index (χ0n) is 11.2. The first-order valence-electron chi connectivity index (χ1n) is 6.27. The molecule has 1 atom stereocenters. The molecule has 0 radical (unpaired) electrons. The van der Waals surface area contributed by atoms with Gasteiger partial charge >= 0.3 is 0 Å². The molecule has 0 aliphatic heterocycles. The molecule has 0 fully saturated rings. The Balaban J connectivity index is 2.49. The number of hydrogen-bond donors (Lipinski definition) is 1. The first-order valence-corrected chi connectivity index (χ1v) is 6.27. The molecule has 3 nitrogen and oxygen atoms in total. The van der Waals surface area contributed by atoms with Crippen molar-refractivity contribution in [3.05, 3.63) is 29.3 Å². The van der Waals surface area contributed by atoms with Crippen LogP contribution in [0.25, 0.3) is 5.57 Å². The third-order valence-electron chi connectivity index (χ3n) is 3.50. The minimum absolute atomic E-state index is 0.155. The maximum Gasteiger partial charge on any atom is 0.161 e. The van der Waals surface area contributed by atoms with E-state index < -0.39 is 0 Å². The Bertz CT molecular complexity index is 463. The van der Waals surface area contributed by atoms with E-state index in [4.69, 9.17) is 9.47 Å². The summed E-state index contributed by atoms with van der Waals surface area (Å²) in [4.78, 5) is 0. The van der Waals surface area contributed by atoms with Crippen LogP contribution >= 0.6 is 0 Å². The van der Waals surface area contributed by atoms with E-state index in [1.54, 1.807) is 14.2 Å². The molecule has 1 unspecified atom stereocenters. The highest BCUT2D eigenvalue weighted by Gasteiger charge is 2.20. The number of ether oxygens (including phenoxy) is 2. The van der Waals surface area contributed by atoms with Crippen LogP contribution in [0.1, 0.15) is 24.5 Å². The summed E-state index contributed by atoms with van der Waals surface area (Å²) in [6.07, 6.45) is 4.24. The van der Waals surface area contributed by atoms with Gasteiger partial charge in [0.05, 0.1) is 14.2 Å². The van der Waals surface area contributed by atoms with Crippen LogP contribution in [0, 0.1) is 5.92 Å². The number of rotatable bonds is 4. The maximum absolute atomic E-state index is 9.34. The van der Waals surface area contributed by atoms with Gasteiger partial charge in [0.15, 0.2) is 11.5 Å². The zero-order valence-corrected chi connectivity index (χ0v) is 11.2. The van der Waals surface area contributed by atoms with Gasteiger partial charge in [-0.15, -0.1) is 0 Å². The van der Waals surface area contributed by atoms with Gasteiger partial charge in [-0.2, -0.15) is 0 Å². The number of benzene rings is 1. The average Bonchev–Trinajstić information content (AvgIpc) is 2.44. The van der Waals surface area contributed by atoms with E-state index in [9.17, 15) is 5.11 Å². The van der Waals surface area contributed by atoms with Crippen molar-refractivity contribution in [2.24, 2.45) is 5.92 Å². The van der Waals surface area contributed by atoms with E-state index >= 15 is 0 Å². The molecule has 3 heteroatoms. The highest BCUT2D eigenvalue weighted by molar-refractivity contribution is 5.74. The monoisotopic (exact) mass is 248 g/mol. The highest BCUT2D eigenvalue weighted by Crippen LogP contribution is 2.38. The first-order chi connectivity index (χ1) is 8.71. The summed E-state index contributed by atoms with van der Waals surface area (Å²) in [7, 11) is 3.30. The summed E-state index contributed by atoms with van der Waals surface area (Å²) in [6, 6.07) is 4.07. The van der Waals surface area contributed by atoms with Crippen molar-refractivity contribution in [3.63, 3.8) is 0 Å². The van der Waals surface area contributed by atoms with Crippen molar-refractivity contribution in [2.45, 2.75) is 19.8 Å². The van der Waals surface area contributed by atoms with Crippen LogP contribution in [0.4, 0.5) is 0 Å². The fraction of sp³-hybridized carbons (Fsp3) is 0.467. The quantitative estimate of drug-likeness (QED) is 0.890. The van der Waals surface area contributed by atoms with Gasteiger partial charge in [0.25, 0.3) is 0 Å². The molecule has 0 aromatic heterocycles. The summed E-state index contributed by atoms with van der Waals surface area (Å²) >= 11 is 0. The van der Waals surface area contributed by atoms with Gasteiger partial charge in [-0.25, -0.2) is 0 Å². The van der Waals surface area contributed by atoms with Crippen molar-refractivity contribution in [3.8, 4) is 11.5 Å². The summed E-state index contributed by atoms with van der Waals surface area (Å²) in [5.74, 6) is 1.67. The second-order valence-corrected chi connectivity index (χ2v) is 4.65. The van der Waals surface area contributed by atoms with E-state index in [0.29, 0.717) is 0 Å². The number of hydrogen-bond acceptors (Lipinski definition) is 3. The Hall–Kier alpha value is -1.48. The second-order valence-electron chi connectivity index (χ2n) is 4.65. The summed E-state index contributed by atoms with van der Waals surface area (Å²) < 4.78 is 10.7. The van der Waals surface area contributed by atoms with Crippen LogP contribution in [0.15, 0.2) is 18.2 Å². The van der Waals surface area contributed by atoms with Gasteiger partial charge in [-0.3, -0.25) is 0 Å². The molecule has 0 saturated heterocycles. The average molecular weight is 248 g/mol. The molecule has 0 amide bonds. The molecule has 18 heavy (non-hydrogen) atoms. The summed E-state index contributed by atoms with van der Waals surface area (Å²) in [6.45, 7) is 2.21.